The first-order chi connectivity index (χ1) is 8.80. The van der Waals surface area contributed by atoms with E-state index in [1.807, 2.05) is 5.48 Å². The smallest absolute Gasteiger partial charge is 0.164 e. The number of nitrogens with one attached hydrogen (secondary N) is 1. The Balaban J connectivity index is 2.65. The van der Waals surface area contributed by atoms with Gasteiger partial charge < -0.3 is 9.47 Å². The van der Waals surface area contributed by atoms with Gasteiger partial charge in [-0.15, -0.1) is 0 Å². The van der Waals surface area contributed by atoms with Gasteiger partial charge in [0.1, 0.15) is 12.7 Å². The Labute approximate surface area is 103 Å². The van der Waals surface area contributed by atoms with Gasteiger partial charge in [0.25, 0.3) is 0 Å². The van der Waals surface area contributed by atoms with E-state index in [9.17, 15) is 0 Å². The minimum absolute atomic E-state index is 0.419. The van der Waals surface area contributed by atoms with E-state index in [0.29, 0.717) is 28.2 Å². The summed E-state index contributed by atoms with van der Waals surface area (Å²) >= 11 is 0. The van der Waals surface area contributed by atoms with E-state index in [1.54, 1.807) is 26.4 Å². The molecular weight excluding hydrogens is 236 g/mol. The summed E-state index contributed by atoms with van der Waals surface area (Å²) < 4.78 is 10.4. The second-order valence-corrected chi connectivity index (χ2v) is 3.31. The molecule has 2 rings (SSSR count). The molecule has 1 heterocycles. The molecule has 0 unspecified atom stereocenters. The zero-order chi connectivity index (χ0) is 13.0. The number of ether oxygens (including phenoxy) is 2. The number of aliphatic imine (C=N–C) groups is 1. The number of rotatable bonds is 4. The van der Waals surface area contributed by atoms with Crippen LogP contribution in [0.25, 0.3) is 10.9 Å². The second kappa shape index (κ2) is 5.28. The second-order valence-electron chi connectivity index (χ2n) is 3.31. The summed E-state index contributed by atoms with van der Waals surface area (Å²) in [7, 11) is 3.10. The molecule has 0 atom stereocenters. The predicted octanol–water partition coefficient (Wildman–Crippen LogP) is 1.29. The number of hydrogen-bond donors (Lipinski definition) is 2. The fraction of sp³-hybridized carbons (Fsp3) is 0.182. The number of benzene rings is 1. The third-order valence-electron chi connectivity index (χ3n) is 2.36. The Hall–Kier alpha value is -2.41. The maximum Gasteiger partial charge on any atom is 0.164 e. The zero-order valence-electron chi connectivity index (χ0n) is 9.91. The third-order valence-corrected chi connectivity index (χ3v) is 2.36. The molecule has 0 aliphatic heterocycles. The largest absolute Gasteiger partial charge is 0.493 e. The lowest BCUT2D eigenvalue weighted by Crippen LogP contribution is -2.01. The summed E-state index contributed by atoms with van der Waals surface area (Å²) in [6.07, 6.45) is 2.51. The molecule has 0 saturated heterocycles. The standard InChI is InChI=1S/C11H12N4O3/c1-17-9-3-7-8(4-10(9)18-2)12-5-13-11(7)14-6-15-16/h3-6,16H,1-2H3,(H,12,13,14,15). The van der Waals surface area contributed by atoms with Crippen LogP contribution >= 0.6 is 0 Å². The minimum Gasteiger partial charge on any atom is -0.493 e. The van der Waals surface area contributed by atoms with Crippen LogP contribution in [0.4, 0.5) is 5.82 Å². The predicted molar refractivity (Wildman–Crippen MR) is 65.7 cm³/mol. The van der Waals surface area contributed by atoms with Crippen LogP contribution in [0.1, 0.15) is 0 Å². The average molecular weight is 248 g/mol. The van der Waals surface area contributed by atoms with Crippen LogP contribution in [0.2, 0.25) is 0 Å². The lowest BCUT2D eigenvalue weighted by molar-refractivity contribution is 0.240. The highest BCUT2D eigenvalue weighted by Gasteiger charge is 2.09. The molecular formula is C11H12N4O3. The van der Waals surface area contributed by atoms with E-state index in [-0.39, 0.29) is 0 Å². The van der Waals surface area contributed by atoms with Gasteiger partial charge in [0.2, 0.25) is 0 Å². The fourth-order valence-electron chi connectivity index (χ4n) is 1.56. The quantitative estimate of drug-likeness (QED) is 0.481. The van der Waals surface area contributed by atoms with Crippen molar-refractivity contribution in [1.29, 1.82) is 0 Å². The number of aromatic nitrogens is 2. The van der Waals surface area contributed by atoms with Crippen molar-refractivity contribution in [2.75, 3.05) is 14.2 Å². The minimum atomic E-state index is 0.419. The molecule has 1 aromatic carbocycles. The van der Waals surface area contributed by atoms with Gasteiger partial charge in [0.15, 0.2) is 17.3 Å². The van der Waals surface area contributed by atoms with Gasteiger partial charge in [0.05, 0.1) is 19.7 Å². The molecule has 94 valence electrons. The van der Waals surface area contributed by atoms with Crippen LogP contribution in [0.3, 0.4) is 0 Å². The first-order valence-corrected chi connectivity index (χ1v) is 5.09. The monoisotopic (exact) mass is 248 g/mol. The average Bonchev–Trinajstić information content (AvgIpc) is 2.43. The number of fused-ring (bicyclic) bond motifs is 1. The molecule has 2 N–H and O–H groups in total. The van der Waals surface area contributed by atoms with Crippen molar-refractivity contribution in [1.82, 2.24) is 15.4 Å². The van der Waals surface area contributed by atoms with Crippen molar-refractivity contribution in [2.24, 2.45) is 4.99 Å². The SMILES string of the molecule is COc1cc2ncnc(N=CNO)c2cc1OC. The summed E-state index contributed by atoms with van der Waals surface area (Å²) in [4.78, 5) is 12.1. The van der Waals surface area contributed by atoms with Gasteiger partial charge in [-0.2, -0.15) is 0 Å². The van der Waals surface area contributed by atoms with Crippen LogP contribution in [-0.4, -0.2) is 35.7 Å². The van der Waals surface area contributed by atoms with Crippen LogP contribution < -0.4 is 15.0 Å². The molecule has 7 nitrogen and oxygen atoms in total. The van der Waals surface area contributed by atoms with Crippen LogP contribution in [0.5, 0.6) is 11.5 Å². The van der Waals surface area contributed by atoms with Gasteiger partial charge in [0, 0.05) is 11.5 Å². The molecule has 0 bridgehead atoms. The normalized spacial score (nSPS) is 10.8. The van der Waals surface area contributed by atoms with Crippen molar-refractivity contribution < 1.29 is 14.7 Å². The molecule has 0 amide bonds. The number of hydroxylamine groups is 1. The Morgan fingerprint density at radius 2 is 1.94 bits per heavy atom. The van der Waals surface area contributed by atoms with Crippen molar-refractivity contribution in [2.45, 2.75) is 0 Å². The lowest BCUT2D eigenvalue weighted by Gasteiger charge is -2.09. The van der Waals surface area contributed by atoms with Crippen LogP contribution in [-0.2, 0) is 0 Å². The Morgan fingerprint density at radius 1 is 1.22 bits per heavy atom. The highest BCUT2D eigenvalue weighted by atomic mass is 16.5. The van der Waals surface area contributed by atoms with E-state index in [1.165, 1.54) is 6.33 Å². The summed E-state index contributed by atoms with van der Waals surface area (Å²) in [6.45, 7) is 0. The maximum atomic E-state index is 8.50. The van der Waals surface area contributed by atoms with Crippen molar-refractivity contribution in [3.05, 3.63) is 18.5 Å². The van der Waals surface area contributed by atoms with Gasteiger partial charge in [-0.05, 0) is 6.07 Å². The molecule has 0 fully saturated rings. The third kappa shape index (κ3) is 2.16. The van der Waals surface area contributed by atoms with Gasteiger partial charge in [-0.25, -0.2) is 15.0 Å². The first kappa shape index (κ1) is 12.1. The Kier molecular flexibility index (Phi) is 3.54. The molecule has 18 heavy (non-hydrogen) atoms. The molecule has 0 aliphatic carbocycles. The first-order valence-electron chi connectivity index (χ1n) is 5.09. The fourth-order valence-corrected chi connectivity index (χ4v) is 1.56. The molecule has 0 aliphatic rings. The van der Waals surface area contributed by atoms with Crippen molar-refractivity contribution in [3.63, 3.8) is 0 Å². The molecule has 1 aromatic heterocycles. The Morgan fingerprint density at radius 3 is 2.61 bits per heavy atom. The number of methoxy groups -OCH3 is 2. The van der Waals surface area contributed by atoms with E-state index < -0.39 is 0 Å². The molecule has 2 aromatic rings. The molecule has 0 spiro atoms. The maximum absolute atomic E-state index is 8.50. The summed E-state index contributed by atoms with van der Waals surface area (Å²) in [5.41, 5.74) is 2.50. The topological polar surface area (TPSA) is 88.9 Å². The summed E-state index contributed by atoms with van der Waals surface area (Å²) in [5.74, 6) is 1.56. The highest BCUT2D eigenvalue weighted by molar-refractivity contribution is 5.91. The van der Waals surface area contributed by atoms with Crippen molar-refractivity contribution in [3.8, 4) is 11.5 Å². The van der Waals surface area contributed by atoms with E-state index in [2.05, 4.69) is 15.0 Å². The molecule has 0 radical (unpaired) electrons. The van der Waals surface area contributed by atoms with E-state index >= 15 is 0 Å². The Bertz CT molecular complexity index is 586. The van der Waals surface area contributed by atoms with Crippen LogP contribution in [0, 0.1) is 0 Å². The van der Waals surface area contributed by atoms with Crippen LogP contribution in [0.15, 0.2) is 23.5 Å². The number of nitrogens with zero attached hydrogens (tertiary/aromatic N) is 3. The van der Waals surface area contributed by atoms with E-state index in [0.717, 1.165) is 6.34 Å². The summed E-state index contributed by atoms with van der Waals surface area (Å²) in [6, 6.07) is 3.47. The van der Waals surface area contributed by atoms with Gasteiger partial charge in [-0.3, -0.25) is 10.7 Å². The number of hydrogen-bond acceptors (Lipinski definition) is 6. The molecule has 0 saturated carbocycles. The highest BCUT2D eigenvalue weighted by Crippen LogP contribution is 2.34. The molecule has 7 heteroatoms. The van der Waals surface area contributed by atoms with E-state index in [4.69, 9.17) is 14.7 Å². The lowest BCUT2D eigenvalue weighted by atomic mass is 10.2. The van der Waals surface area contributed by atoms with Crippen molar-refractivity contribution >= 4 is 23.1 Å². The zero-order valence-corrected chi connectivity index (χ0v) is 9.91. The van der Waals surface area contributed by atoms with Gasteiger partial charge >= 0.3 is 0 Å². The van der Waals surface area contributed by atoms with Gasteiger partial charge in [-0.1, -0.05) is 0 Å². The summed E-state index contributed by atoms with van der Waals surface area (Å²) in [5, 5.41) is 9.19.